The van der Waals surface area contributed by atoms with E-state index < -0.39 is 0 Å². The Labute approximate surface area is 179 Å². The summed E-state index contributed by atoms with van der Waals surface area (Å²) in [5.74, 6) is 4.14. The largest absolute Gasteiger partial charge is 0.0651 e. The first-order valence-corrected chi connectivity index (χ1v) is 12.8. The Morgan fingerprint density at radius 2 is 1.14 bits per heavy atom. The third kappa shape index (κ3) is 5.44. The molecule has 29 heavy (non-hydrogen) atoms. The fourth-order valence-corrected chi connectivity index (χ4v) is 6.33. The number of rotatable bonds is 7. The normalized spacial score (nSPS) is 27.9. The van der Waals surface area contributed by atoms with E-state index in [2.05, 4.69) is 50.2 Å². The summed E-state index contributed by atoms with van der Waals surface area (Å²) in [5, 5.41) is 2.84. The van der Waals surface area contributed by atoms with E-state index in [-0.39, 0.29) is 0 Å². The van der Waals surface area contributed by atoms with Crippen molar-refractivity contribution in [3.8, 4) is 0 Å². The van der Waals surface area contributed by atoms with Crippen molar-refractivity contribution in [1.82, 2.24) is 0 Å². The highest BCUT2D eigenvalue weighted by molar-refractivity contribution is 5.83. The van der Waals surface area contributed by atoms with Gasteiger partial charge in [0.15, 0.2) is 0 Å². The zero-order chi connectivity index (χ0) is 20.1. The maximum absolute atomic E-state index is 2.45. The molecule has 0 aromatic heterocycles. The summed E-state index contributed by atoms with van der Waals surface area (Å²) in [7, 11) is 0. The number of aryl methyl sites for hydroxylation is 2. The second kappa shape index (κ2) is 10.1. The highest BCUT2D eigenvalue weighted by Gasteiger charge is 2.30. The molecule has 0 saturated heterocycles. The van der Waals surface area contributed by atoms with E-state index in [1.54, 1.807) is 5.56 Å². The maximum Gasteiger partial charge on any atom is -0.0181 e. The molecule has 2 saturated carbocycles. The fourth-order valence-electron chi connectivity index (χ4n) is 6.33. The van der Waals surface area contributed by atoms with Crippen molar-refractivity contribution >= 4 is 10.8 Å². The van der Waals surface area contributed by atoms with Crippen molar-refractivity contribution in [3.63, 3.8) is 0 Å². The second-order valence-electron chi connectivity index (χ2n) is 10.3. The zero-order valence-corrected chi connectivity index (χ0v) is 19.0. The molecule has 0 unspecified atom stereocenters. The molecule has 0 bridgehead atoms. The van der Waals surface area contributed by atoms with Gasteiger partial charge in [0.1, 0.15) is 0 Å². The van der Waals surface area contributed by atoms with Gasteiger partial charge in [-0.3, -0.25) is 0 Å². The third-order valence-corrected chi connectivity index (χ3v) is 8.38. The lowest BCUT2D eigenvalue weighted by Gasteiger charge is -2.37. The minimum atomic E-state index is 0.973. The van der Waals surface area contributed by atoms with Gasteiger partial charge in [0, 0.05) is 0 Å². The Bertz CT molecular complexity index is 757. The first kappa shape index (κ1) is 21.0. The Hall–Kier alpha value is -1.30. The first-order chi connectivity index (χ1) is 14.2. The van der Waals surface area contributed by atoms with Crippen LogP contribution < -0.4 is 0 Å². The Morgan fingerprint density at radius 3 is 1.66 bits per heavy atom. The lowest BCUT2D eigenvalue weighted by molar-refractivity contribution is 0.142. The smallest absolute Gasteiger partial charge is 0.0181 e. The molecule has 0 amide bonds. The average Bonchev–Trinajstić information content (AvgIpc) is 2.78. The maximum atomic E-state index is 2.45. The summed E-state index contributed by atoms with van der Waals surface area (Å²) >= 11 is 0. The van der Waals surface area contributed by atoms with Crippen molar-refractivity contribution in [2.75, 3.05) is 0 Å². The van der Waals surface area contributed by atoms with Gasteiger partial charge in [-0.2, -0.15) is 0 Å². The molecule has 2 aromatic carbocycles. The van der Waals surface area contributed by atoms with Gasteiger partial charge in [-0.15, -0.1) is 0 Å². The van der Waals surface area contributed by atoms with Gasteiger partial charge >= 0.3 is 0 Å². The summed E-state index contributed by atoms with van der Waals surface area (Å²) in [5.41, 5.74) is 3.02. The van der Waals surface area contributed by atoms with Gasteiger partial charge in [-0.05, 0) is 90.5 Å². The molecule has 4 rings (SSSR count). The summed E-state index contributed by atoms with van der Waals surface area (Å²) < 4.78 is 0. The van der Waals surface area contributed by atoms with Gasteiger partial charge < -0.3 is 0 Å². The molecule has 0 radical (unpaired) electrons. The number of fused-ring (bicyclic) bond motifs is 1. The Morgan fingerprint density at radius 1 is 0.621 bits per heavy atom. The van der Waals surface area contributed by atoms with E-state index in [4.69, 9.17) is 0 Å². The van der Waals surface area contributed by atoms with Crippen LogP contribution in [0.25, 0.3) is 10.8 Å². The monoisotopic (exact) mass is 390 g/mol. The molecule has 2 aliphatic carbocycles. The van der Waals surface area contributed by atoms with Crippen LogP contribution >= 0.6 is 0 Å². The van der Waals surface area contributed by atoms with Crippen molar-refractivity contribution < 1.29 is 0 Å². The van der Waals surface area contributed by atoms with Crippen LogP contribution in [-0.4, -0.2) is 0 Å². The van der Waals surface area contributed by atoms with E-state index in [9.17, 15) is 0 Å². The van der Waals surface area contributed by atoms with Crippen molar-refractivity contribution in [2.24, 2.45) is 23.7 Å². The first-order valence-electron chi connectivity index (χ1n) is 12.8. The third-order valence-electron chi connectivity index (χ3n) is 8.38. The highest BCUT2D eigenvalue weighted by atomic mass is 14.4. The molecule has 0 N–H and O–H groups in total. The van der Waals surface area contributed by atoms with Gasteiger partial charge in [-0.25, -0.2) is 0 Å². The number of hydrogen-bond acceptors (Lipinski definition) is 0. The van der Waals surface area contributed by atoms with Crippen LogP contribution in [0.1, 0.15) is 95.6 Å². The minimum Gasteiger partial charge on any atom is -0.0651 e. The predicted octanol–water partition coefficient (Wildman–Crippen LogP) is 8.75. The predicted molar refractivity (Wildman–Crippen MR) is 127 cm³/mol. The van der Waals surface area contributed by atoms with Crippen LogP contribution in [0.2, 0.25) is 0 Å². The van der Waals surface area contributed by atoms with Crippen LogP contribution in [0.3, 0.4) is 0 Å². The van der Waals surface area contributed by atoms with E-state index in [0.717, 1.165) is 23.7 Å². The van der Waals surface area contributed by atoms with Crippen molar-refractivity contribution in [2.45, 2.75) is 97.3 Å². The van der Waals surface area contributed by atoms with Gasteiger partial charge in [-0.1, -0.05) is 88.8 Å². The van der Waals surface area contributed by atoms with Crippen LogP contribution in [0.4, 0.5) is 0 Å². The topological polar surface area (TPSA) is 0 Å². The summed E-state index contributed by atoms with van der Waals surface area (Å²) in [6.45, 7) is 4.65. The molecule has 158 valence electrons. The van der Waals surface area contributed by atoms with Crippen LogP contribution in [-0.2, 0) is 12.8 Å². The second-order valence-corrected chi connectivity index (χ2v) is 10.3. The molecule has 0 spiro atoms. The molecule has 2 aliphatic rings. The number of benzene rings is 2. The molecule has 0 nitrogen and oxygen atoms in total. The fraction of sp³-hybridized carbons (Fsp3) is 0.655. The van der Waals surface area contributed by atoms with E-state index >= 15 is 0 Å². The average molecular weight is 391 g/mol. The summed E-state index contributed by atoms with van der Waals surface area (Å²) in [4.78, 5) is 0. The Kier molecular flexibility index (Phi) is 7.33. The van der Waals surface area contributed by atoms with Gasteiger partial charge in [0.05, 0.1) is 0 Å². The molecule has 0 heteroatoms. The molecule has 2 aromatic rings. The molecular formula is C29H42. The van der Waals surface area contributed by atoms with E-state index in [0.29, 0.717) is 0 Å². The summed E-state index contributed by atoms with van der Waals surface area (Å²) in [6.07, 6.45) is 18.6. The van der Waals surface area contributed by atoms with Gasteiger partial charge in [0.25, 0.3) is 0 Å². The van der Waals surface area contributed by atoms with Gasteiger partial charge in [0.2, 0.25) is 0 Å². The van der Waals surface area contributed by atoms with E-state index in [1.807, 2.05) is 0 Å². The summed E-state index contributed by atoms with van der Waals surface area (Å²) in [6, 6.07) is 14.2. The van der Waals surface area contributed by atoms with Crippen LogP contribution in [0.5, 0.6) is 0 Å². The Balaban J connectivity index is 1.24. The molecule has 0 aliphatic heterocycles. The molecule has 0 heterocycles. The SMILES string of the molecule is CCCc1ccc2cc(CCC3CCC(C4CCC(CC)CC4)CC3)ccc2c1. The standard InChI is InChI=1S/C29H42/c1-3-5-24-12-18-29-21-25(13-19-28(29)20-24)7-6-23-10-16-27(17-11-23)26-14-8-22(4-2)9-15-26/h12-13,18-23,26-27H,3-11,14-17H2,1-2H3. The molecule has 2 fully saturated rings. The van der Waals surface area contributed by atoms with Crippen LogP contribution in [0.15, 0.2) is 36.4 Å². The van der Waals surface area contributed by atoms with Crippen molar-refractivity contribution in [1.29, 1.82) is 0 Å². The quantitative estimate of drug-likeness (QED) is 0.443. The number of hydrogen-bond donors (Lipinski definition) is 0. The van der Waals surface area contributed by atoms with E-state index in [1.165, 1.54) is 99.8 Å². The minimum absolute atomic E-state index is 0.973. The lowest BCUT2D eigenvalue weighted by atomic mass is 9.68. The zero-order valence-electron chi connectivity index (χ0n) is 19.0. The molecular weight excluding hydrogens is 348 g/mol. The lowest BCUT2D eigenvalue weighted by Crippen LogP contribution is -2.25. The van der Waals surface area contributed by atoms with Crippen molar-refractivity contribution in [3.05, 3.63) is 47.5 Å². The molecule has 0 atom stereocenters. The highest BCUT2D eigenvalue weighted by Crippen LogP contribution is 2.42. The van der Waals surface area contributed by atoms with Crippen LogP contribution in [0, 0.1) is 23.7 Å².